The Morgan fingerprint density at radius 1 is 1.00 bits per heavy atom. The zero-order valence-corrected chi connectivity index (χ0v) is 17.1. The van der Waals surface area contributed by atoms with E-state index in [9.17, 15) is 5.11 Å². The number of hydrogen-bond donors (Lipinski definition) is 1. The molecule has 1 N–H and O–H groups in total. The topological polar surface area (TPSA) is 35.9 Å². The number of piperazine rings is 1. The Bertz CT molecular complexity index is 714. The Kier molecular flexibility index (Phi) is 3.93. The number of β-amino-alcohol motifs (C(OH)–C–C–N with tert-alkyl or cyclic N) is 1. The van der Waals surface area contributed by atoms with Crippen LogP contribution in [0, 0.1) is 23.2 Å². The van der Waals surface area contributed by atoms with Gasteiger partial charge < -0.3 is 14.7 Å². The lowest BCUT2D eigenvalue weighted by molar-refractivity contribution is -0.395. The summed E-state index contributed by atoms with van der Waals surface area (Å²) in [7, 11) is 0. The Hall–Kier alpha value is -1.10. The van der Waals surface area contributed by atoms with E-state index in [4.69, 9.17) is 4.74 Å². The molecular weight excluding hydrogens is 348 g/mol. The molecular formula is C24H34N2O2. The van der Waals surface area contributed by atoms with Gasteiger partial charge in [-0.05, 0) is 73.1 Å². The lowest BCUT2D eigenvalue weighted by atomic mass is 9.12. The summed E-state index contributed by atoms with van der Waals surface area (Å²) in [6.45, 7) is 8.75. The Morgan fingerprint density at radius 2 is 1.64 bits per heavy atom. The van der Waals surface area contributed by atoms with Gasteiger partial charge in [0.15, 0.2) is 0 Å². The molecule has 5 aliphatic rings. The SMILES string of the molecule is CCN1CCN(CC(O)COc2ccc(C34CC5CC6CC(C3)C654)cc2)CC1. The van der Waals surface area contributed by atoms with Gasteiger partial charge in [-0.25, -0.2) is 0 Å². The van der Waals surface area contributed by atoms with Gasteiger partial charge in [0.2, 0.25) is 0 Å². The fourth-order valence-corrected chi connectivity index (χ4v) is 8.12. The van der Waals surface area contributed by atoms with E-state index in [1.54, 1.807) is 5.56 Å². The summed E-state index contributed by atoms with van der Waals surface area (Å²) in [5, 5.41) is 10.4. The molecule has 4 nitrogen and oxygen atoms in total. The van der Waals surface area contributed by atoms with Gasteiger partial charge in [0, 0.05) is 38.1 Å². The van der Waals surface area contributed by atoms with Crippen LogP contribution in [0.3, 0.4) is 0 Å². The van der Waals surface area contributed by atoms with Gasteiger partial charge in [-0.2, -0.15) is 0 Å². The van der Waals surface area contributed by atoms with Crippen LogP contribution in [-0.4, -0.2) is 66.9 Å². The summed E-state index contributed by atoms with van der Waals surface area (Å²) < 4.78 is 5.92. The van der Waals surface area contributed by atoms with E-state index in [1.807, 2.05) is 0 Å². The van der Waals surface area contributed by atoms with Gasteiger partial charge in [-0.1, -0.05) is 19.1 Å². The highest BCUT2D eigenvalue weighted by atomic mass is 16.5. The predicted octanol–water partition coefficient (Wildman–Crippen LogP) is 2.75. The van der Waals surface area contributed by atoms with Crippen molar-refractivity contribution in [2.24, 2.45) is 23.2 Å². The number of nitrogens with zero attached hydrogens (tertiary/aromatic N) is 2. The van der Waals surface area contributed by atoms with E-state index in [1.165, 1.54) is 25.7 Å². The van der Waals surface area contributed by atoms with Crippen LogP contribution in [0.15, 0.2) is 24.3 Å². The van der Waals surface area contributed by atoms with E-state index in [-0.39, 0.29) is 0 Å². The van der Waals surface area contributed by atoms with Crippen molar-refractivity contribution in [2.75, 3.05) is 45.9 Å². The second kappa shape index (κ2) is 6.20. The van der Waals surface area contributed by atoms with Crippen molar-refractivity contribution >= 4 is 0 Å². The van der Waals surface area contributed by atoms with Crippen molar-refractivity contribution in [3.05, 3.63) is 29.8 Å². The molecule has 6 rings (SSSR count). The van der Waals surface area contributed by atoms with Crippen LogP contribution in [0.5, 0.6) is 5.75 Å². The first kappa shape index (κ1) is 17.7. The van der Waals surface area contributed by atoms with E-state index >= 15 is 0 Å². The number of aliphatic hydroxyl groups excluding tert-OH is 1. The standard InChI is InChI=1S/C24H34N2O2/c1-2-25-7-9-26(10-8-25)15-21(27)16-28-22-5-3-17(4-6-22)23-13-19-11-18-12-20(14-23)24(18,19)23/h3-6,18-21,27H,2,7-16H2,1H3. The summed E-state index contributed by atoms with van der Waals surface area (Å²) in [6, 6.07) is 8.92. The Labute approximate surface area is 168 Å². The van der Waals surface area contributed by atoms with Crippen LogP contribution in [0.4, 0.5) is 0 Å². The third-order valence-electron chi connectivity index (χ3n) is 9.41. The lowest BCUT2D eigenvalue weighted by Crippen LogP contribution is -2.87. The molecule has 0 aromatic heterocycles. The van der Waals surface area contributed by atoms with Gasteiger partial charge in [0.1, 0.15) is 18.5 Å². The lowest BCUT2D eigenvalue weighted by Gasteiger charge is -2.91. The van der Waals surface area contributed by atoms with Crippen molar-refractivity contribution in [1.29, 1.82) is 0 Å². The molecule has 3 atom stereocenters. The molecule has 1 aromatic carbocycles. The van der Waals surface area contributed by atoms with Crippen LogP contribution in [-0.2, 0) is 5.41 Å². The molecule has 152 valence electrons. The second-order valence-electron chi connectivity index (χ2n) is 10.2. The molecule has 1 aromatic rings. The summed E-state index contributed by atoms with van der Waals surface area (Å²) in [5.41, 5.74) is 2.83. The van der Waals surface area contributed by atoms with Crippen molar-refractivity contribution in [2.45, 2.75) is 44.1 Å². The van der Waals surface area contributed by atoms with E-state index in [0.717, 1.165) is 61.6 Å². The zero-order chi connectivity index (χ0) is 18.9. The van der Waals surface area contributed by atoms with Gasteiger partial charge in [-0.15, -0.1) is 0 Å². The first-order valence-corrected chi connectivity index (χ1v) is 11.5. The third kappa shape index (κ3) is 2.17. The normalized spacial score (nSPS) is 42.1. The number of ether oxygens (including phenoxy) is 1. The van der Waals surface area contributed by atoms with Crippen molar-refractivity contribution in [3.8, 4) is 5.75 Å². The minimum atomic E-state index is -0.421. The molecule has 0 radical (unpaired) electrons. The van der Waals surface area contributed by atoms with Gasteiger partial charge in [0.05, 0.1) is 0 Å². The summed E-state index contributed by atoms with van der Waals surface area (Å²) in [5.74, 6) is 4.05. The minimum absolute atomic E-state index is 0.384. The van der Waals surface area contributed by atoms with Crippen molar-refractivity contribution in [1.82, 2.24) is 9.80 Å². The first-order valence-electron chi connectivity index (χ1n) is 11.5. The van der Waals surface area contributed by atoms with Crippen LogP contribution < -0.4 is 4.74 Å². The number of aliphatic hydroxyl groups is 1. The van der Waals surface area contributed by atoms with Crippen molar-refractivity contribution < 1.29 is 9.84 Å². The molecule has 28 heavy (non-hydrogen) atoms. The number of rotatable bonds is 7. The van der Waals surface area contributed by atoms with Crippen LogP contribution >= 0.6 is 0 Å². The third-order valence-corrected chi connectivity index (χ3v) is 9.41. The van der Waals surface area contributed by atoms with Crippen LogP contribution in [0.1, 0.15) is 38.2 Å². The van der Waals surface area contributed by atoms with E-state index in [0.29, 0.717) is 18.6 Å². The molecule has 4 aliphatic carbocycles. The predicted molar refractivity (Wildman–Crippen MR) is 110 cm³/mol. The molecule has 1 heterocycles. The second-order valence-corrected chi connectivity index (χ2v) is 10.2. The maximum Gasteiger partial charge on any atom is 0.119 e. The Morgan fingerprint density at radius 3 is 2.21 bits per heavy atom. The summed E-state index contributed by atoms with van der Waals surface area (Å²) in [4.78, 5) is 4.82. The van der Waals surface area contributed by atoms with Gasteiger partial charge in [-0.3, -0.25) is 4.90 Å². The quantitative estimate of drug-likeness (QED) is 0.787. The fourth-order valence-electron chi connectivity index (χ4n) is 8.12. The Balaban J connectivity index is 1.01. The average Bonchev–Trinajstić information content (AvgIpc) is 2.66. The first-order chi connectivity index (χ1) is 13.7. The van der Waals surface area contributed by atoms with E-state index < -0.39 is 6.10 Å². The van der Waals surface area contributed by atoms with E-state index in [2.05, 4.69) is 41.0 Å². The smallest absolute Gasteiger partial charge is 0.119 e. The fraction of sp³-hybridized carbons (Fsp3) is 0.750. The van der Waals surface area contributed by atoms with Crippen molar-refractivity contribution in [3.63, 3.8) is 0 Å². The zero-order valence-electron chi connectivity index (χ0n) is 17.1. The number of hydrogen-bond acceptors (Lipinski definition) is 4. The molecule has 1 aliphatic heterocycles. The monoisotopic (exact) mass is 382 g/mol. The molecule has 3 unspecified atom stereocenters. The molecule has 4 saturated carbocycles. The average molecular weight is 383 g/mol. The highest BCUT2D eigenvalue weighted by Gasteiger charge is 2.87. The number of likely N-dealkylation sites (N-methyl/N-ethyl adjacent to an activating group) is 1. The van der Waals surface area contributed by atoms with Gasteiger partial charge in [0.25, 0.3) is 0 Å². The highest BCUT2D eigenvalue weighted by molar-refractivity contribution is 5.48. The van der Waals surface area contributed by atoms with Gasteiger partial charge >= 0.3 is 0 Å². The molecule has 1 saturated heterocycles. The number of benzene rings is 1. The molecule has 5 fully saturated rings. The molecule has 1 spiro atoms. The molecule has 4 heteroatoms. The summed E-state index contributed by atoms with van der Waals surface area (Å²) >= 11 is 0. The van der Waals surface area contributed by atoms with Crippen LogP contribution in [0.25, 0.3) is 0 Å². The molecule has 0 bridgehead atoms. The maximum absolute atomic E-state index is 10.4. The minimum Gasteiger partial charge on any atom is -0.491 e. The summed E-state index contributed by atoms with van der Waals surface area (Å²) in [6.07, 6.45) is 5.49. The molecule has 0 amide bonds. The largest absolute Gasteiger partial charge is 0.491 e. The van der Waals surface area contributed by atoms with Crippen LogP contribution in [0.2, 0.25) is 0 Å². The maximum atomic E-state index is 10.4. The highest BCUT2D eigenvalue weighted by Crippen LogP contribution is 2.92.